The normalized spacial score (nSPS) is 14.7. The third-order valence-electron chi connectivity index (χ3n) is 7.96. The summed E-state index contributed by atoms with van der Waals surface area (Å²) in [5.41, 5.74) is 5.51. The Kier molecular flexibility index (Phi) is 6.21. The molecule has 2 aromatic carbocycles. The Morgan fingerprint density at radius 3 is 2.35 bits per heavy atom. The molecule has 0 spiro atoms. The van der Waals surface area contributed by atoms with Gasteiger partial charge in [0.2, 0.25) is 5.95 Å². The summed E-state index contributed by atoms with van der Waals surface area (Å²) in [5.74, 6) is 0.705. The van der Waals surface area contributed by atoms with Crippen LogP contribution in [0, 0.1) is 0 Å². The van der Waals surface area contributed by atoms with Crippen molar-refractivity contribution in [2.75, 3.05) is 11.9 Å². The highest BCUT2D eigenvalue weighted by Crippen LogP contribution is 2.50. The van der Waals surface area contributed by atoms with Gasteiger partial charge in [0.05, 0.1) is 16.7 Å². The van der Waals surface area contributed by atoms with Gasteiger partial charge in [0.15, 0.2) is 5.65 Å². The van der Waals surface area contributed by atoms with Crippen LogP contribution in [0.25, 0.3) is 38.9 Å². The molecule has 5 aromatic rings. The van der Waals surface area contributed by atoms with Crippen LogP contribution in [-0.4, -0.2) is 47.8 Å². The molecule has 1 fully saturated rings. The fraction of sp³-hybridized carbons (Fsp3) is 0.312. The number of fused-ring (bicyclic) bond motifs is 3. The number of hydrogen-bond acceptors (Lipinski definition) is 5. The predicted octanol–water partition coefficient (Wildman–Crippen LogP) is 7.20. The molecular weight excluding hydrogens is 500 g/mol. The van der Waals surface area contributed by atoms with Gasteiger partial charge in [0.1, 0.15) is 0 Å². The summed E-state index contributed by atoms with van der Waals surface area (Å²) in [6, 6.07) is 22.7. The Hall–Kier alpha value is -4.46. The van der Waals surface area contributed by atoms with Crippen LogP contribution in [0.4, 0.5) is 10.7 Å². The molecule has 3 heterocycles. The fourth-order valence-electron chi connectivity index (χ4n) is 6.13. The second-order valence-electron chi connectivity index (χ2n) is 11.5. The molecule has 40 heavy (non-hydrogen) atoms. The molecule has 0 radical (unpaired) electrons. The number of pyridine rings is 2. The Labute approximate surface area is 233 Å². The van der Waals surface area contributed by atoms with Gasteiger partial charge in [-0.05, 0) is 70.2 Å². The maximum atomic E-state index is 12.4. The molecular formula is C32H34N6O2. The zero-order valence-corrected chi connectivity index (χ0v) is 23.3. The molecule has 0 unspecified atom stereocenters. The quantitative estimate of drug-likeness (QED) is 0.239. The van der Waals surface area contributed by atoms with E-state index in [-0.39, 0.29) is 0 Å². The lowest BCUT2D eigenvalue weighted by Gasteiger charge is -2.54. The van der Waals surface area contributed by atoms with E-state index in [0.717, 1.165) is 70.3 Å². The zero-order valence-electron chi connectivity index (χ0n) is 23.3. The molecule has 8 nitrogen and oxygen atoms in total. The molecule has 0 saturated heterocycles. The van der Waals surface area contributed by atoms with E-state index in [9.17, 15) is 9.90 Å². The first-order chi connectivity index (χ1) is 19.2. The number of benzene rings is 2. The van der Waals surface area contributed by atoms with Crippen LogP contribution in [0.2, 0.25) is 0 Å². The molecule has 3 aromatic heterocycles. The molecule has 1 aliphatic carbocycles. The largest absolute Gasteiger partial charge is 0.465 e. The standard InChI is InChI=1S/C32H34N6O2/c1-5-33-29-36-35-28-25-20-24(21-10-7-6-8-11-21)27(34-26(25)16-19-37(28)29)22-12-14-23(15-13-22)32(17-9-18-32)38(30(39)40)31(2,3)4/h6-8,10-16,19-20H,5,9,17-18H2,1-4H3,(H,33,36)(H,39,40). The van der Waals surface area contributed by atoms with E-state index in [0.29, 0.717) is 5.95 Å². The zero-order chi connectivity index (χ0) is 28.1. The van der Waals surface area contributed by atoms with Gasteiger partial charge in [-0.2, -0.15) is 0 Å². The molecule has 6 rings (SSSR count). The summed E-state index contributed by atoms with van der Waals surface area (Å²) in [7, 11) is 0. The minimum atomic E-state index is -0.879. The summed E-state index contributed by atoms with van der Waals surface area (Å²) < 4.78 is 1.96. The first-order valence-electron chi connectivity index (χ1n) is 13.8. The van der Waals surface area contributed by atoms with Crippen molar-refractivity contribution in [1.29, 1.82) is 0 Å². The van der Waals surface area contributed by atoms with Crippen molar-refractivity contribution in [3.8, 4) is 22.4 Å². The van der Waals surface area contributed by atoms with Crippen molar-refractivity contribution in [3.05, 3.63) is 78.5 Å². The summed E-state index contributed by atoms with van der Waals surface area (Å²) in [5, 5.41) is 23.2. The first kappa shape index (κ1) is 25.8. The van der Waals surface area contributed by atoms with Crippen molar-refractivity contribution >= 4 is 28.6 Å². The molecule has 1 amide bonds. The van der Waals surface area contributed by atoms with Crippen LogP contribution < -0.4 is 5.32 Å². The molecule has 0 aliphatic heterocycles. The Bertz CT molecular complexity index is 1700. The number of aromatic nitrogens is 4. The van der Waals surface area contributed by atoms with Crippen molar-refractivity contribution in [3.63, 3.8) is 0 Å². The number of carboxylic acid groups (broad SMARTS) is 1. The van der Waals surface area contributed by atoms with Crippen LogP contribution >= 0.6 is 0 Å². The van der Waals surface area contributed by atoms with Gasteiger partial charge in [-0.25, -0.2) is 9.78 Å². The highest BCUT2D eigenvalue weighted by molar-refractivity contribution is 5.98. The second-order valence-corrected chi connectivity index (χ2v) is 11.5. The smallest absolute Gasteiger partial charge is 0.408 e. The summed E-state index contributed by atoms with van der Waals surface area (Å²) >= 11 is 0. The third kappa shape index (κ3) is 4.15. The van der Waals surface area contributed by atoms with Crippen molar-refractivity contribution in [2.45, 2.75) is 58.0 Å². The van der Waals surface area contributed by atoms with E-state index in [1.165, 1.54) is 0 Å². The van der Waals surface area contributed by atoms with Gasteiger partial charge in [-0.1, -0.05) is 54.6 Å². The molecule has 0 atom stereocenters. The maximum absolute atomic E-state index is 12.4. The maximum Gasteiger partial charge on any atom is 0.408 e. The van der Waals surface area contributed by atoms with Crippen LogP contribution in [0.3, 0.4) is 0 Å². The van der Waals surface area contributed by atoms with Crippen molar-refractivity contribution < 1.29 is 9.90 Å². The fourth-order valence-corrected chi connectivity index (χ4v) is 6.13. The third-order valence-corrected chi connectivity index (χ3v) is 7.96. The van der Waals surface area contributed by atoms with Crippen LogP contribution in [0.5, 0.6) is 0 Å². The monoisotopic (exact) mass is 534 g/mol. The van der Waals surface area contributed by atoms with Crippen LogP contribution in [0.1, 0.15) is 52.5 Å². The number of anilines is 1. The second kappa shape index (κ2) is 9.62. The van der Waals surface area contributed by atoms with Crippen molar-refractivity contribution in [1.82, 2.24) is 24.5 Å². The van der Waals surface area contributed by atoms with Gasteiger partial charge in [-0.15, -0.1) is 10.2 Å². The molecule has 2 N–H and O–H groups in total. The minimum Gasteiger partial charge on any atom is -0.465 e. The van der Waals surface area contributed by atoms with E-state index in [4.69, 9.17) is 4.98 Å². The lowest BCUT2D eigenvalue weighted by molar-refractivity contribution is -0.0328. The van der Waals surface area contributed by atoms with Crippen LogP contribution in [0.15, 0.2) is 72.9 Å². The SMILES string of the molecule is CCNc1nnc2c3cc(-c4ccccc4)c(-c4ccc(C5(N(C(=O)O)C(C)(C)C)CCC5)cc4)nc3ccn12. The molecule has 204 valence electrons. The lowest BCUT2D eigenvalue weighted by Crippen LogP contribution is -2.60. The minimum absolute atomic E-state index is 0.509. The van der Waals surface area contributed by atoms with Gasteiger partial charge in [0, 0.05) is 34.8 Å². The van der Waals surface area contributed by atoms with Crippen molar-refractivity contribution in [2.24, 2.45) is 0 Å². The number of rotatable bonds is 6. The Balaban J connectivity index is 1.49. The average Bonchev–Trinajstić information content (AvgIpc) is 3.33. The van der Waals surface area contributed by atoms with E-state index in [1.807, 2.05) is 62.6 Å². The van der Waals surface area contributed by atoms with E-state index < -0.39 is 17.2 Å². The highest BCUT2D eigenvalue weighted by Gasteiger charge is 2.50. The van der Waals surface area contributed by atoms with Crippen LogP contribution in [-0.2, 0) is 5.54 Å². The summed E-state index contributed by atoms with van der Waals surface area (Å²) in [4.78, 5) is 19.2. The predicted molar refractivity (Wildman–Crippen MR) is 158 cm³/mol. The summed E-state index contributed by atoms with van der Waals surface area (Å²) in [6.07, 6.45) is 3.73. The number of carbonyl (C=O) groups is 1. The van der Waals surface area contributed by atoms with E-state index >= 15 is 0 Å². The number of nitrogens with one attached hydrogen (secondary N) is 1. The van der Waals surface area contributed by atoms with Gasteiger partial charge < -0.3 is 10.4 Å². The molecule has 0 bridgehead atoms. The number of amides is 1. The lowest BCUT2D eigenvalue weighted by atomic mass is 9.69. The Morgan fingerprint density at radius 2 is 1.75 bits per heavy atom. The first-order valence-corrected chi connectivity index (χ1v) is 13.8. The highest BCUT2D eigenvalue weighted by atomic mass is 16.4. The van der Waals surface area contributed by atoms with E-state index in [2.05, 4.69) is 58.0 Å². The number of hydrogen-bond donors (Lipinski definition) is 2. The average molecular weight is 535 g/mol. The van der Waals surface area contributed by atoms with Gasteiger partial charge >= 0.3 is 6.09 Å². The number of nitrogens with zero attached hydrogens (tertiary/aromatic N) is 5. The molecule has 1 saturated carbocycles. The molecule has 1 aliphatic rings. The topological polar surface area (TPSA) is 95.7 Å². The summed E-state index contributed by atoms with van der Waals surface area (Å²) in [6.45, 7) is 8.68. The van der Waals surface area contributed by atoms with Gasteiger partial charge in [-0.3, -0.25) is 9.30 Å². The van der Waals surface area contributed by atoms with E-state index in [1.54, 1.807) is 4.90 Å². The van der Waals surface area contributed by atoms with Gasteiger partial charge in [0.25, 0.3) is 0 Å². The Morgan fingerprint density at radius 1 is 1.02 bits per heavy atom. The molecule has 8 heteroatoms.